The molecule has 66 valence electrons. The van der Waals surface area contributed by atoms with Crippen LogP contribution < -0.4 is 0 Å². The minimum atomic E-state index is -2.55. The van der Waals surface area contributed by atoms with Crippen molar-refractivity contribution in [3.63, 3.8) is 0 Å². The van der Waals surface area contributed by atoms with E-state index in [0.29, 0.717) is 0 Å². The molecule has 0 aliphatic carbocycles. The van der Waals surface area contributed by atoms with Crippen LogP contribution in [0.5, 0.6) is 0 Å². The van der Waals surface area contributed by atoms with Gasteiger partial charge in [-0.2, -0.15) is 0 Å². The van der Waals surface area contributed by atoms with Gasteiger partial charge < -0.3 is 0 Å². The van der Waals surface area contributed by atoms with Crippen LogP contribution in [-0.2, 0) is 0 Å². The SMILES string of the molecule is CC[CH2][Sn]([CH3])([CH3])[C](=O)N(C)O. The third kappa shape index (κ3) is 3.42. The number of carbonyl (C=O) groups is 1. The number of carbonyl (C=O) groups excluding carboxylic acids is 1. The molecule has 0 aliphatic rings. The molecular formula is C7H17NO2Sn. The van der Waals surface area contributed by atoms with Crippen LogP contribution in [0.3, 0.4) is 0 Å². The van der Waals surface area contributed by atoms with Gasteiger partial charge in [-0.3, -0.25) is 0 Å². The van der Waals surface area contributed by atoms with Gasteiger partial charge in [-0.25, -0.2) is 0 Å². The summed E-state index contributed by atoms with van der Waals surface area (Å²) in [6.45, 7) is 2.07. The van der Waals surface area contributed by atoms with Crippen LogP contribution in [0, 0.1) is 0 Å². The van der Waals surface area contributed by atoms with Crippen molar-refractivity contribution in [1.29, 1.82) is 0 Å². The molecule has 0 rings (SSSR count). The van der Waals surface area contributed by atoms with E-state index >= 15 is 0 Å². The Balaban J connectivity index is 4.17. The molecule has 1 N–H and O–H groups in total. The van der Waals surface area contributed by atoms with E-state index in [2.05, 4.69) is 6.92 Å². The fraction of sp³-hybridized carbons (Fsp3) is 0.857. The molecule has 0 saturated heterocycles. The molecule has 0 fully saturated rings. The Morgan fingerprint density at radius 3 is 2.27 bits per heavy atom. The summed E-state index contributed by atoms with van der Waals surface area (Å²) in [6.07, 6.45) is 1.04. The van der Waals surface area contributed by atoms with Crippen LogP contribution in [0.15, 0.2) is 0 Å². The van der Waals surface area contributed by atoms with Crippen molar-refractivity contribution in [3.8, 4) is 0 Å². The van der Waals surface area contributed by atoms with Crippen LogP contribution in [0.4, 0.5) is 4.79 Å². The molecule has 0 saturated carbocycles. The Morgan fingerprint density at radius 1 is 1.55 bits per heavy atom. The van der Waals surface area contributed by atoms with Crippen molar-refractivity contribution in [3.05, 3.63) is 0 Å². The third-order valence-corrected chi connectivity index (χ3v) is 11.0. The van der Waals surface area contributed by atoms with Crippen molar-refractivity contribution in [1.82, 2.24) is 5.06 Å². The molecule has 4 heteroatoms. The molecule has 0 unspecified atom stereocenters. The zero-order valence-corrected chi connectivity index (χ0v) is 10.6. The quantitative estimate of drug-likeness (QED) is 0.483. The Morgan fingerprint density at radius 2 is 2.00 bits per heavy atom. The van der Waals surface area contributed by atoms with E-state index in [9.17, 15) is 4.79 Å². The Kier molecular flexibility index (Phi) is 4.39. The average molecular weight is 266 g/mol. The van der Waals surface area contributed by atoms with Gasteiger partial charge in [-0.1, -0.05) is 0 Å². The van der Waals surface area contributed by atoms with Crippen LogP contribution in [0.1, 0.15) is 13.3 Å². The summed E-state index contributed by atoms with van der Waals surface area (Å²) in [5, 5.41) is 9.68. The van der Waals surface area contributed by atoms with Gasteiger partial charge in [-0.15, -0.1) is 0 Å². The summed E-state index contributed by atoms with van der Waals surface area (Å²) < 4.78 is 0.999. The third-order valence-electron chi connectivity index (χ3n) is 1.75. The normalized spacial score (nSPS) is 11.4. The number of hydroxylamine groups is 2. The predicted octanol–water partition coefficient (Wildman–Crippen LogP) is 2.13. The van der Waals surface area contributed by atoms with Gasteiger partial charge in [0.05, 0.1) is 0 Å². The Hall–Kier alpha value is 0.229. The average Bonchev–Trinajstić information content (AvgIpc) is 1.86. The van der Waals surface area contributed by atoms with Gasteiger partial charge in [0, 0.05) is 0 Å². The van der Waals surface area contributed by atoms with Crippen molar-refractivity contribution >= 4 is 22.3 Å². The van der Waals surface area contributed by atoms with E-state index in [-0.39, 0.29) is 3.92 Å². The van der Waals surface area contributed by atoms with Gasteiger partial charge >= 0.3 is 72.1 Å². The second kappa shape index (κ2) is 4.30. The van der Waals surface area contributed by atoms with Crippen molar-refractivity contribution < 1.29 is 10.0 Å². The zero-order valence-electron chi connectivity index (χ0n) is 7.72. The van der Waals surface area contributed by atoms with Crippen LogP contribution in [-0.4, -0.2) is 39.6 Å². The maximum absolute atomic E-state index is 11.3. The van der Waals surface area contributed by atoms with Gasteiger partial charge in [0.25, 0.3) is 0 Å². The monoisotopic (exact) mass is 267 g/mol. The van der Waals surface area contributed by atoms with Crippen molar-refractivity contribution in [2.75, 3.05) is 7.05 Å². The summed E-state index contributed by atoms with van der Waals surface area (Å²) in [5.41, 5.74) is 0. The van der Waals surface area contributed by atoms with Crippen molar-refractivity contribution in [2.45, 2.75) is 27.7 Å². The van der Waals surface area contributed by atoms with E-state index in [0.717, 1.165) is 15.9 Å². The van der Waals surface area contributed by atoms with Gasteiger partial charge in [0.2, 0.25) is 0 Å². The summed E-state index contributed by atoms with van der Waals surface area (Å²) in [4.78, 5) is 15.4. The first kappa shape index (κ1) is 11.2. The molecule has 0 aromatic rings. The van der Waals surface area contributed by atoms with E-state index in [1.807, 2.05) is 9.88 Å². The molecule has 0 aliphatic heterocycles. The number of rotatable bonds is 3. The first-order valence-corrected chi connectivity index (χ1v) is 13.0. The summed E-state index contributed by atoms with van der Waals surface area (Å²) in [7, 11) is 1.41. The van der Waals surface area contributed by atoms with Crippen LogP contribution in [0.2, 0.25) is 14.3 Å². The molecular weight excluding hydrogens is 249 g/mol. The van der Waals surface area contributed by atoms with E-state index in [1.165, 1.54) is 7.05 Å². The molecule has 3 nitrogen and oxygen atoms in total. The molecule has 0 aromatic carbocycles. The molecule has 0 heterocycles. The van der Waals surface area contributed by atoms with E-state index in [4.69, 9.17) is 5.21 Å². The minimum absolute atomic E-state index is 0.0128. The number of hydrogen-bond acceptors (Lipinski definition) is 2. The molecule has 0 bridgehead atoms. The second-order valence-electron chi connectivity index (χ2n) is 3.46. The van der Waals surface area contributed by atoms with Gasteiger partial charge in [0.1, 0.15) is 0 Å². The van der Waals surface area contributed by atoms with Crippen LogP contribution >= 0.6 is 0 Å². The molecule has 1 amide bonds. The molecule has 0 atom stereocenters. The second-order valence-corrected chi connectivity index (χ2v) is 16.9. The summed E-state index contributed by atoms with van der Waals surface area (Å²) in [6, 6.07) is 0. The Bertz CT molecular complexity index is 145. The molecule has 0 aromatic heterocycles. The first-order valence-electron chi connectivity index (χ1n) is 3.89. The topological polar surface area (TPSA) is 40.5 Å². The van der Waals surface area contributed by atoms with Crippen LogP contribution in [0.25, 0.3) is 0 Å². The maximum atomic E-state index is 11.3. The predicted molar refractivity (Wildman–Crippen MR) is 47.5 cm³/mol. The molecule has 0 spiro atoms. The standard InChI is InChI=1S/C3H7.C2H4NO2.2CH3.Sn/c1-3-2;1-3(5)2-4;;;/h1,3H2,2H3;5H,1H3;2*1H3;. The zero-order chi connectivity index (χ0) is 9.07. The fourth-order valence-corrected chi connectivity index (χ4v) is 7.85. The molecule has 11 heavy (non-hydrogen) atoms. The van der Waals surface area contributed by atoms with Gasteiger partial charge in [-0.05, 0) is 0 Å². The Labute approximate surface area is 72.2 Å². The summed E-state index contributed by atoms with van der Waals surface area (Å²) in [5.74, 6) is 0. The van der Waals surface area contributed by atoms with Gasteiger partial charge in [0.15, 0.2) is 0 Å². The van der Waals surface area contributed by atoms with E-state index < -0.39 is 18.4 Å². The van der Waals surface area contributed by atoms with E-state index in [1.54, 1.807) is 0 Å². The number of hydrogen-bond donors (Lipinski definition) is 1. The number of amides is 1. The molecule has 0 radical (unpaired) electrons. The summed E-state index contributed by atoms with van der Waals surface area (Å²) >= 11 is -2.55. The number of nitrogens with zero attached hydrogens (tertiary/aromatic N) is 1. The van der Waals surface area contributed by atoms with Crippen molar-refractivity contribution in [2.24, 2.45) is 0 Å². The first-order chi connectivity index (χ1) is 4.91. The fourth-order valence-electron chi connectivity index (χ4n) is 1.17.